The summed E-state index contributed by atoms with van der Waals surface area (Å²) < 4.78 is 29.0. The maximum atomic E-state index is 11.0. The van der Waals surface area contributed by atoms with Crippen LogP contribution < -0.4 is 5.32 Å². The van der Waals surface area contributed by atoms with Crippen molar-refractivity contribution in [2.75, 3.05) is 37.6 Å². The highest BCUT2D eigenvalue weighted by Gasteiger charge is 2.09. The molecule has 1 aromatic heterocycles. The largest absolute Gasteiger partial charge is 0.383 e. The van der Waals surface area contributed by atoms with Crippen LogP contribution in [0, 0.1) is 0 Å². The molecule has 6 nitrogen and oxygen atoms in total. The second-order valence-corrected chi connectivity index (χ2v) is 6.63. The molecule has 0 aliphatic rings. The molecule has 1 aromatic rings. The molecule has 0 fully saturated rings. The van der Waals surface area contributed by atoms with Crippen molar-refractivity contribution in [3.05, 3.63) is 12.4 Å². The van der Waals surface area contributed by atoms with Crippen molar-refractivity contribution in [1.29, 1.82) is 0 Å². The lowest BCUT2D eigenvalue weighted by molar-refractivity contribution is 0.163. The quantitative estimate of drug-likeness (QED) is 0.715. The molecule has 1 N–H and O–H groups in total. The number of nitrogens with zero attached hydrogens (tertiary/aromatic N) is 2. The predicted octanol–water partition coefficient (Wildman–Crippen LogP) is 0.937. The number of hydrogen-bond donors (Lipinski definition) is 1. The number of sulfone groups is 1. The highest BCUT2D eigenvalue weighted by atomic mass is 32.2. The normalized spacial score (nSPS) is 13.5. The summed E-state index contributed by atoms with van der Waals surface area (Å²) in [6.45, 7) is 3.23. The summed E-state index contributed by atoms with van der Waals surface area (Å²) >= 11 is 0. The molecule has 0 radical (unpaired) electrons. The van der Waals surface area contributed by atoms with Crippen LogP contribution in [0.3, 0.4) is 0 Å². The monoisotopic (exact) mass is 275 g/mol. The Hall–Kier alpha value is -1.08. The Morgan fingerprint density at radius 3 is 2.89 bits per heavy atom. The molecule has 1 rings (SSSR count). The van der Waals surface area contributed by atoms with Gasteiger partial charge >= 0.3 is 0 Å². The second-order valence-electron chi connectivity index (χ2n) is 4.37. The summed E-state index contributed by atoms with van der Waals surface area (Å²) in [5, 5.41) is 3.14. The smallest absolute Gasteiger partial charge is 0.203 e. The number of rotatable bonds is 8. The highest BCUT2D eigenvalue weighted by Crippen LogP contribution is 2.13. The van der Waals surface area contributed by atoms with Crippen molar-refractivity contribution in [2.24, 2.45) is 0 Å². The third kappa shape index (κ3) is 5.05. The van der Waals surface area contributed by atoms with Gasteiger partial charge in [0.2, 0.25) is 5.95 Å². The number of ether oxygens (including phenoxy) is 1. The SMILES string of the molecule is COCC(C)n1ccnc1NCCCS(C)(=O)=O. The third-order valence-corrected chi connectivity index (χ3v) is 3.56. The van der Waals surface area contributed by atoms with Crippen molar-refractivity contribution in [2.45, 2.75) is 19.4 Å². The molecule has 0 spiro atoms. The van der Waals surface area contributed by atoms with Gasteiger partial charge in [-0.3, -0.25) is 0 Å². The van der Waals surface area contributed by atoms with Crippen LogP contribution in [0.4, 0.5) is 5.95 Å². The van der Waals surface area contributed by atoms with Gasteiger partial charge in [-0.25, -0.2) is 13.4 Å². The van der Waals surface area contributed by atoms with E-state index in [1.54, 1.807) is 13.3 Å². The zero-order chi connectivity index (χ0) is 13.6. The second kappa shape index (κ2) is 6.75. The van der Waals surface area contributed by atoms with Gasteiger partial charge in [-0.2, -0.15) is 0 Å². The van der Waals surface area contributed by atoms with Gasteiger partial charge in [0.25, 0.3) is 0 Å². The molecule has 104 valence electrons. The first-order valence-electron chi connectivity index (χ1n) is 5.87. The number of imidazole rings is 1. The lowest BCUT2D eigenvalue weighted by atomic mass is 10.3. The summed E-state index contributed by atoms with van der Waals surface area (Å²) in [7, 11) is -1.23. The van der Waals surface area contributed by atoms with Crippen LogP contribution in [-0.2, 0) is 14.6 Å². The number of methoxy groups -OCH3 is 1. The van der Waals surface area contributed by atoms with Crippen LogP contribution in [0.25, 0.3) is 0 Å². The van der Waals surface area contributed by atoms with E-state index in [1.807, 2.05) is 17.7 Å². The van der Waals surface area contributed by atoms with Crippen LogP contribution in [0.5, 0.6) is 0 Å². The Kier molecular flexibility index (Phi) is 5.61. The number of nitrogens with one attached hydrogen (secondary N) is 1. The first-order valence-corrected chi connectivity index (χ1v) is 7.93. The molecule has 0 bridgehead atoms. The molecule has 0 aliphatic heterocycles. The summed E-state index contributed by atoms with van der Waals surface area (Å²) in [5.74, 6) is 0.932. The van der Waals surface area contributed by atoms with E-state index in [1.165, 1.54) is 6.26 Å². The van der Waals surface area contributed by atoms with Crippen molar-refractivity contribution >= 4 is 15.8 Å². The van der Waals surface area contributed by atoms with Crippen LogP contribution in [0.15, 0.2) is 12.4 Å². The van der Waals surface area contributed by atoms with Gasteiger partial charge in [0.1, 0.15) is 9.84 Å². The molecule has 1 atom stereocenters. The third-order valence-electron chi connectivity index (χ3n) is 2.53. The molecule has 0 aromatic carbocycles. The Bertz CT molecular complexity index is 456. The zero-order valence-electron chi connectivity index (χ0n) is 11.1. The van der Waals surface area contributed by atoms with E-state index in [0.717, 1.165) is 5.95 Å². The van der Waals surface area contributed by atoms with Gasteiger partial charge in [0, 0.05) is 32.3 Å². The number of anilines is 1. The van der Waals surface area contributed by atoms with Crippen molar-refractivity contribution < 1.29 is 13.2 Å². The molecule has 0 saturated heterocycles. The van der Waals surface area contributed by atoms with E-state index in [0.29, 0.717) is 19.6 Å². The van der Waals surface area contributed by atoms with Gasteiger partial charge in [0.15, 0.2) is 0 Å². The average molecular weight is 275 g/mol. The molecule has 0 aliphatic carbocycles. The van der Waals surface area contributed by atoms with Gasteiger partial charge < -0.3 is 14.6 Å². The maximum absolute atomic E-state index is 11.0. The van der Waals surface area contributed by atoms with Gasteiger partial charge in [-0.1, -0.05) is 0 Å². The average Bonchev–Trinajstić information content (AvgIpc) is 2.71. The van der Waals surface area contributed by atoms with E-state index in [-0.39, 0.29) is 11.8 Å². The standard InChI is InChI=1S/C11H21N3O3S/c1-10(9-17-2)14-7-6-13-11(14)12-5-4-8-18(3,15)16/h6-7,10H,4-5,8-9H2,1-3H3,(H,12,13). The first kappa shape index (κ1) is 15.0. The molecule has 0 amide bonds. The Labute approximate surface area is 108 Å². The fraction of sp³-hybridized carbons (Fsp3) is 0.727. The van der Waals surface area contributed by atoms with Crippen molar-refractivity contribution in [3.8, 4) is 0 Å². The Balaban J connectivity index is 2.45. The highest BCUT2D eigenvalue weighted by molar-refractivity contribution is 7.90. The van der Waals surface area contributed by atoms with E-state index in [2.05, 4.69) is 10.3 Å². The molecule has 1 unspecified atom stereocenters. The zero-order valence-corrected chi connectivity index (χ0v) is 11.9. The van der Waals surface area contributed by atoms with Crippen molar-refractivity contribution in [1.82, 2.24) is 9.55 Å². The Morgan fingerprint density at radius 1 is 1.56 bits per heavy atom. The van der Waals surface area contributed by atoms with Crippen LogP contribution >= 0.6 is 0 Å². The van der Waals surface area contributed by atoms with Crippen LogP contribution in [-0.4, -0.2) is 50.2 Å². The van der Waals surface area contributed by atoms with Gasteiger partial charge in [0.05, 0.1) is 18.4 Å². The summed E-state index contributed by atoms with van der Waals surface area (Å²) in [6, 6.07) is 0.190. The molecule has 18 heavy (non-hydrogen) atoms. The lowest BCUT2D eigenvalue weighted by Gasteiger charge is -2.16. The van der Waals surface area contributed by atoms with E-state index in [4.69, 9.17) is 4.74 Å². The van der Waals surface area contributed by atoms with E-state index < -0.39 is 9.84 Å². The fourth-order valence-electron chi connectivity index (χ4n) is 1.66. The summed E-state index contributed by atoms with van der Waals surface area (Å²) in [6.07, 6.45) is 5.41. The minimum atomic E-state index is -2.89. The molecule has 1 heterocycles. The van der Waals surface area contributed by atoms with Crippen LogP contribution in [0.1, 0.15) is 19.4 Å². The van der Waals surface area contributed by atoms with Gasteiger partial charge in [-0.15, -0.1) is 0 Å². The molecule has 7 heteroatoms. The minimum Gasteiger partial charge on any atom is -0.383 e. The van der Waals surface area contributed by atoms with E-state index in [9.17, 15) is 8.42 Å². The van der Waals surface area contributed by atoms with Crippen LogP contribution in [0.2, 0.25) is 0 Å². The lowest BCUT2D eigenvalue weighted by Crippen LogP contribution is -2.16. The number of aromatic nitrogens is 2. The maximum Gasteiger partial charge on any atom is 0.203 e. The van der Waals surface area contributed by atoms with Gasteiger partial charge in [-0.05, 0) is 13.3 Å². The van der Waals surface area contributed by atoms with E-state index >= 15 is 0 Å². The first-order chi connectivity index (χ1) is 8.44. The molecular weight excluding hydrogens is 254 g/mol. The minimum absolute atomic E-state index is 0.189. The summed E-state index contributed by atoms with van der Waals surface area (Å²) in [4.78, 5) is 4.20. The predicted molar refractivity (Wildman–Crippen MR) is 71.6 cm³/mol. The summed E-state index contributed by atoms with van der Waals surface area (Å²) in [5.41, 5.74) is 0. The topological polar surface area (TPSA) is 73.2 Å². The Morgan fingerprint density at radius 2 is 2.28 bits per heavy atom. The van der Waals surface area contributed by atoms with Crippen molar-refractivity contribution in [3.63, 3.8) is 0 Å². The number of hydrogen-bond acceptors (Lipinski definition) is 5. The molecular formula is C11H21N3O3S. The molecule has 0 saturated carbocycles. The fourth-order valence-corrected chi connectivity index (χ4v) is 2.33.